The molecule has 1 fully saturated rings. The molecule has 1 saturated heterocycles. The van der Waals surface area contributed by atoms with Gasteiger partial charge in [-0.3, -0.25) is 9.69 Å². The van der Waals surface area contributed by atoms with Crippen molar-refractivity contribution in [3.05, 3.63) is 35.6 Å². The number of likely N-dealkylation sites (tertiary alicyclic amines) is 1. The van der Waals surface area contributed by atoms with Crippen molar-refractivity contribution in [1.29, 1.82) is 0 Å². The van der Waals surface area contributed by atoms with E-state index in [9.17, 15) is 9.18 Å². The lowest BCUT2D eigenvalue weighted by Crippen LogP contribution is -2.53. The van der Waals surface area contributed by atoms with E-state index in [1.807, 2.05) is 13.8 Å². The Morgan fingerprint density at radius 2 is 2.05 bits per heavy atom. The minimum Gasteiger partial charge on any atom is -0.353 e. The maximum Gasteiger partial charge on any atom is 0.237 e. The molecule has 1 aromatic rings. The topological polar surface area (TPSA) is 58.4 Å². The number of nitrogens with zero attached hydrogens (tertiary/aromatic N) is 1. The summed E-state index contributed by atoms with van der Waals surface area (Å²) in [6.07, 6.45) is 3.01. The molecule has 2 rings (SSSR count). The van der Waals surface area contributed by atoms with Crippen molar-refractivity contribution in [3.8, 4) is 0 Å². The zero-order valence-corrected chi connectivity index (χ0v) is 13.4. The normalized spacial score (nSPS) is 19.9. The van der Waals surface area contributed by atoms with E-state index < -0.39 is 5.54 Å². The third-order valence-corrected chi connectivity index (χ3v) is 3.93. The van der Waals surface area contributed by atoms with Crippen molar-refractivity contribution in [2.75, 3.05) is 13.1 Å². The van der Waals surface area contributed by atoms with E-state index in [0.717, 1.165) is 31.4 Å². The van der Waals surface area contributed by atoms with E-state index in [1.54, 1.807) is 12.1 Å². The van der Waals surface area contributed by atoms with Crippen LogP contribution >= 0.6 is 0 Å². The molecule has 0 bridgehead atoms. The number of rotatable bonds is 5. The van der Waals surface area contributed by atoms with Gasteiger partial charge in [-0.05, 0) is 50.9 Å². The lowest BCUT2D eigenvalue weighted by atomic mass is 9.99. The zero-order chi connectivity index (χ0) is 16.2. The van der Waals surface area contributed by atoms with Gasteiger partial charge in [0, 0.05) is 18.6 Å². The summed E-state index contributed by atoms with van der Waals surface area (Å²) < 4.78 is 13.0. The molecule has 0 radical (unpaired) electrons. The van der Waals surface area contributed by atoms with Crippen LogP contribution < -0.4 is 11.1 Å². The van der Waals surface area contributed by atoms with Gasteiger partial charge >= 0.3 is 0 Å². The Balaban J connectivity index is 1.98. The van der Waals surface area contributed by atoms with Gasteiger partial charge in [-0.15, -0.1) is 0 Å². The van der Waals surface area contributed by atoms with Crippen LogP contribution in [0.15, 0.2) is 24.3 Å². The maximum atomic E-state index is 13.0. The number of halogens is 1. The number of nitrogens with one attached hydrogen (secondary N) is 1. The molecule has 4 nitrogen and oxygen atoms in total. The molecular formula is C17H26FN3O. The second-order valence-corrected chi connectivity index (χ2v) is 6.81. The zero-order valence-electron chi connectivity index (χ0n) is 13.4. The van der Waals surface area contributed by atoms with Crippen LogP contribution in [0.25, 0.3) is 0 Å². The molecule has 122 valence electrons. The second kappa shape index (κ2) is 7.20. The molecule has 1 atom stereocenters. The van der Waals surface area contributed by atoms with E-state index in [-0.39, 0.29) is 17.8 Å². The van der Waals surface area contributed by atoms with E-state index in [0.29, 0.717) is 13.1 Å². The number of amides is 1. The highest BCUT2D eigenvalue weighted by molar-refractivity contribution is 5.81. The van der Waals surface area contributed by atoms with Gasteiger partial charge in [0.15, 0.2) is 0 Å². The molecule has 1 aliphatic heterocycles. The Morgan fingerprint density at radius 3 is 2.68 bits per heavy atom. The van der Waals surface area contributed by atoms with Gasteiger partial charge in [-0.25, -0.2) is 4.39 Å². The first-order valence-corrected chi connectivity index (χ1v) is 7.90. The predicted molar refractivity (Wildman–Crippen MR) is 85.7 cm³/mol. The maximum absolute atomic E-state index is 13.0. The van der Waals surface area contributed by atoms with Gasteiger partial charge in [-0.1, -0.05) is 18.6 Å². The van der Waals surface area contributed by atoms with Crippen LogP contribution in [-0.4, -0.2) is 35.5 Å². The number of carbonyl (C=O) groups is 1. The molecule has 1 aromatic carbocycles. The molecule has 0 aliphatic carbocycles. The Bertz CT molecular complexity index is 496. The molecule has 1 unspecified atom stereocenters. The summed E-state index contributed by atoms with van der Waals surface area (Å²) in [5, 5.41) is 2.95. The van der Waals surface area contributed by atoms with Crippen molar-refractivity contribution in [1.82, 2.24) is 10.2 Å². The van der Waals surface area contributed by atoms with Gasteiger partial charge in [0.25, 0.3) is 0 Å². The summed E-state index contributed by atoms with van der Waals surface area (Å²) >= 11 is 0. The number of piperidine rings is 1. The molecule has 1 aliphatic rings. The third-order valence-electron chi connectivity index (χ3n) is 3.93. The highest BCUT2D eigenvalue weighted by Crippen LogP contribution is 2.20. The number of hydrogen-bond acceptors (Lipinski definition) is 3. The first-order chi connectivity index (χ1) is 10.3. The molecular weight excluding hydrogens is 281 g/mol. The average Bonchev–Trinajstić information content (AvgIpc) is 2.47. The lowest BCUT2D eigenvalue weighted by Gasteiger charge is -2.35. The van der Waals surface area contributed by atoms with Crippen LogP contribution in [0, 0.1) is 5.82 Å². The monoisotopic (exact) mass is 307 g/mol. The van der Waals surface area contributed by atoms with Crippen LogP contribution in [0.5, 0.6) is 0 Å². The fourth-order valence-corrected chi connectivity index (χ4v) is 2.73. The fraction of sp³-hybridized carbons (Fsp3) is 0.588. The molecule has 3 N–H and O–H groups in total. The highest BCUT2D eigenvalue weighted by atomic mass is 19.1. The summed E-state index contributed by atoms with van der Waals surface area (Å²) in [6.45, 7) is 5.81. The van der Waals surface area contributed by atoms with Gasteiger partial charge in [0.1, 0.15) is 5.82 Å². The van der Waals surface area contributed by atoms with Crippen molar-refractivity contribution < 1.29 is 9.18 Å². The average molecular weight is 307 g/mol. The van der Waals surface area contributed by atoms with E-state index in [2.05, 4.69) is 10.2 Å². The van der Waals surface area contributed by atoms with Crippen LogP contribution in [-0.2, 0) is 11.3 Å². The molecule has 0 spiro atoms. The summed E-state index contributed by atoms with van der Waals surface area (Å²) in [7, 11) is 0. The summed E-state index contributed by atoms with van der Waals surface area (Å²) in [6, 6.07) is 6.36. The van der Waals surface area contributed by atoms with Crippen LogP contribution in [0.2, 0.25) is 0 Å². The highest BCUT2D eigenvalue weighted by Gasteiger charge is 2.29. The van der Waals surface area contributed by atoms with Gasteiger partial charge in [0.2, 0.25) is 5.91 Å². The van der Waals surface area contributed by atoms with Crippen LogP contribution in [0.4, 0.5) is 4.39 Å². The predicted octanol–water partition coefficient (Wildman–Crippen LogP) is 2.03. The van der Waals surface area contributed by atoms with Crippen molar-refractivity contribution in [2.24, 2.45) is 5.73 Å². The first kappa shape index (κ1) is 16.9. The van der Waals surface area contributed by atoms with Gasteiger partial charge in [0.05, 0.1) is 6.04 Å². The van der Waals surface area contributed by atoms with Crippen LogP contribution in [0.1, 0.15) is 38.7 Å². The Kier molecular flexibility index (Phi) is 5.53. The minimum absolute atomic E-state index is 0.0420. The Morgan fingerprint density at radius 1 is 1.36 bits per heavy atom. The largest absolute Gasteiger partial charge is 0.353 e. The van der Waals surface area contributed by atoms with Gasteiger partial charge in [-0.2, -0.15) is 0 Å². The number of carbonyl (C=O) groups excluding carboxylic acids is 1. The van der Waals surface area contributed by atoms with E-state index >= 15 is 0 Å². The number of nitrogens with two attached hydrogens (primary N) is 1. The first-order valence-electron chi connectivity index (χ1n) is 7.90. The Hall–Kier alpha value is -1.46. The Labute approximate surface area is 131 Å². The number of hydrogen-bond donors (Lipinski definition) is 2. The summed E-state index contributed by atoms with van der Waals surface area (Å²) in [5.74, 6) is -0.192. The standard InChI is InChI=1S/C17H26FN3O/c1-17(2,19)12-20-16(22)15-5-3-4-10-21(15)11-13-6-8-14(18)9-7-13/h6-9,15H,3-5,10-12,19H2,1-2H3,(H,20,22). The van der Waals surface area contributed by atoms with Crippen LogP contribution in [0.3, 0.4) is 0 Å². The molecule has 1 heterocycles. The fourth-order valence-electron chi connectivity index (χ4n) is 2.73. The van der Waals surface area contributed by atoms with E-state index in [4.69, 9.17) is 5.73 Å². The second-order valence-electron chi connectivity index (χ2n) is 6.81. The molecule has 5 heteroatoms. The summed E-state index contributed by atoms with van der Waals surface area (Å²) in [5.41, 5.74) is 6.54. The molecule has 0 saturated carbocycles. The quantitative estimate of drug-likeness (QED) is 0.875. The van der Waals surface area contributed by atoms with Crippen molar-refractivity contribution in [3.63, 3.8) is 0 Å². The third kappa shape index (κ3) is 5.07. The lowest BCUT2D eigenvalue weighted by molar-refractivity contribution is -0.128. The SMILES string of the molecule is CC(C)(N)CNC(=O)C1CCCCN1Cc1ccc(F)cc1. The van der Waals surface area contributed by atoms with E-state index in [1.165, 1.54) is 12.1 Å². The molecule has 1 amide bonds. The summed E-state index contributed by atoms with van der Waals surface area (Å²) in [4.78, 5) is 14.6. The minimum atomic E-state index is -0.411. The molecule has 0 aromatic heterocycles. The molecule has 22 heavy (non-hydrogen) atoms. The van der Waals surface area contributed by atoms with Crippen molar-refractivity contribution >= 4 is 5.91 Å². The van der Waals surface area contributed by atoms with Gasteiger partial charge < -0.3 is 11.1 Å². The smallest absolute Gasteiger partial charge is 0.237 e. The van der Waals surface area contributed by atoms with Crippen molar-refractivity contribution in [2.45, 2.75) is 51.2 Å². The number of benzene rings is 1.